The summed E-state index contributed by atoms with van der Waals surface area (Å²) in [4.78, 5) is 30.5. The quantitative estimate of drug-likeness (QED) is 0.667. The van der Waals surface area contributed by atoms with Crippen LogP contribution in [0.4, 0.5) is 0 Å². The molecular weight excluding hydrogens is 365 g/mol. The smallest absolute Gasteiger partial charge is 0.312 e. The molecule has 0 unspecified atom stereocenters. The van der Waals surface area contributed by atoms with Crippen LogP contribution in [0.15, 0.2) is 18.2 Å². The molecule has 25 heavy (non-hydrogen) atoms. The summed E-state index contributed by atoms with van der Waals surface area (Å²) >= 11 is 12.0. The van der Waals surface area contributed by atoms with Crippen molar-refractivity contribution in [2.75, 3.05) is 26.8 Å². The van der Waals surface area contributed by atoms with Crippen molar-refractivity contribution >= 4 is 35.0 Å². The predicted octanol–water partition coefficient (Wildman–Crippen LogP) is 3.70. The number of ether oxygens (including phenoxy) is 1. The van der Waals surface area contributed by atoms with Crippen LogP contribution in [0.2, 0.25) is 10.0 Å². The topological polar surface area (TPSA) is 55.8 Å². The largest absolute Gasteiger partial charge is 0.469 e. The van der Waals surface area contributed by atoms with Gasteiger partial charge in [0.15, 0.2) is 0 Å². The molecule has 138 valence electrons. The lowest BCUT2D eigenvalue weighted by atomic mass is 9.74. The molecule has 2 rings (SSSR count). The number of benzene rings is 1. The predicted molar refractivity (Wildman–Crippen MR) is 96.7 cm³/mol. The number of rotatable bonds is 7. The van der Waals surface area contributed by atoms with Gasteiger partial charge in [0, 0.05) is 36.0 Å². The highest BCUT2D eigenvalue weighted by Crippen LogP contribution is 2.37. The van der Waals surface area contributed by atoms with Gasteiger partial charge in [0.1, 0.15) is 5.78 Å². The molecule has 1 aromatic carbocycles. The van der Waals surface area contributed by atoms with Gasteiger partial charge in [-0.15, -0.1) is 0 Å². The molecule has 0 radical (unpaired) electrons. The van der Waals surface area contributed by atoms with Crippen LogP contribution in [0.3, 0.4) is 0 Å². The Morgan fingerprint density at radius 2 is 1.92 bits per heavy atom. The Hall–Kier alpha value is -1.14. The van der Waals surface area contributed by atoms with E-state index in [2.05, 4.69) is 0 Å². The van der Waals surface area contributed by atoms with E-state index in [1.165, 1.54) is 7.11 Å². The van der Waals surface area contributed by atoms with Gasteiger partial charge in [-0.25, -0.2) is 0 Å². The van der Waals surface area contributed by atoms with Crippen molar-refractivity contribution < 1.29 is 19.2 Å². The zero-order chi connectivity index (χ0) is 18.4. The molecular formula is C18H23Cl2NO4. The molecule has 0 aromatic heterocycles. The normalized spacial score (nSPS) is 17.3. The van der Waals surface area contributed by atoms with Gasteiger partial charge in [0.05, 0.1) is 19.1 Å². The monoisotopic (exact) mass is 387 g/mol. The van der Waals surface area contributed by atoms with Crippen molar-refractivity contribution in [3.63, 3.8) is 0 Å². The number of carbonyl (C=O) groups is 2. The maximum Gasteiger partial charge on any atom is 0.312 e. The summed E-state index contributed by atoms with van der Waals surface area (Å²) in [6.07, 6.45) is 1.36. The first-order chi connectivity index (χ1) is 11.9. The van der Waals surface area contributed by atoms with Crippen LogP contribution in [0.1, 0.15) is 31.7 Å². The third kappa shape index (κ3) is 5.17. The number of halogens is 2. The van der Waals surface area contributed by atoms with E-state index < -0.39 is 5.41 Å². The minimum absolute atomic E-state index is 0.0421. The molecule has 1 heterocycles. The van der Waals surface area contributed by atoms with Crippen LogP contribution in [-0.4, -0.2) is 43.6 Å². The van der Waals surface area contributed by atoms with Crippen molar-refractivity contribution in [2.24, 2.45) is 5.41 Å². The lowest BCUT2D eigenvalue weighted by Crippen LogP contribution is -2.46. The molecule has 0 atom stereocenters. The minimum Gasteiger partial charge on any atom is -0.469 e. The average Bonchev–Trinajstić information content (AvgIpc) is 2.58. The van der Waals surface area contributed by atoms with Crippen LogP contribution in [-0.2, 0) is 25.6 Å². The molecule has 7 heteroatoms. The molecule has 0 spiro atoms. The van der Waals surface area contributed by atoms with E-state index in [1.807, 2.05) is 12.0 Å². The summed E-state index contributed by atoms with van der Waals surface area (Å²) in [7, 11) is 1.36. The van der Waals surface area contributed by atoms with Crippen molar-refractivity contribution in [3.8, 4) is 0 Å². The SMILES string of the molecule is CCON1CCC(CC(=O)Cc2ccc(Cl)cc2Cl)(C(=O)OC)CC1. The van der Waals surface area contributed by atoms with Gasteiger partial charge in [0.25, 0.3) is 0 Å². The number of carbonyl (C=O) groups excluding carboxylic acids is 2. The Bertz CT molecular complexity index is 628. The number of hydrogen-bond donors (Lipinski definition) is 0. The van der Waals surface area contributed by atoms with Crippen molar-refractivity contribution in [2.45, 2.75) is 32.6 Å². The zero-order valence-electron chi connectivity index (χ0n) is 14.5. The number of esters is 1. The first kappa shape index (κ1) is 20.2. The Kier molecular flexibility index (Phi) is 7.25. The molecule has 1 saturated heterocycles. The van der Waals surface area contributed by atoms with Crippen LogP contribution in [0.25, 0.3) is 0 Å². The number of nitrogens with zero attached hydrogens (tertiary/aromatic N) is 1. The molecule has 0 N–H and O–H groups in total. The molecule has 0 amide bonds. The summed E-state index contributed by atoms with van der Waals surface area (Å²) in [6.45, 7) is 3.69. The van der Waals surface area contributed by atoms with Crippen molar-refractivity contribution in [3.05, 3.63) is 33.8 Å². The van der Waals surface area contributed by atoms with Gasteiger partial charge >= 0.3 is 5.97 Å². The summed E-state index contributed by atoms with van der Waals surface area (Å²) in [5.74, 6) is -0.376. The molecule has 1 fully saturated rings. The number of hydrogen-bond acceptors (Lipinski definition) is 5. The van der Waals surface area contributed by atoms with Gasteiger partial charge in [0.2, 0.25) is 0 Å². The Labute approximate surface area is 158 Å². The van der Waals surface area contributed by atoms with E-state index >= 15 is 0 Å². The van der Waals surface area contributed by atoms with Crippen LogP contribution >= 0.6 is 23.2 Å². The second kappa shape index (κ2) is 8.99. The van der Waals surface area contributed by atoms with E-state index in [1.54, 1.807) is 18.2 Å². The Morgan fingerprint density at radius 3 is 2.48 bits per heavy atom. The van der Waals surface area contributed by atoms with E-state index in [9.17, 15) is 9.59 Å². The summed E-state index contributed by atoms with van der Waals surface area (Å²) in [6, 6.07) is 5.06. The molecule has 5 nitrogen and oxygen atoms in total. The first-order valence-electron chi connectivity index (χ1n) is 8.32. The molecule has 1 aromatic rings. The van der Waals surface area contributed by atoms with Crippen LogP contribution in [0.5, 0.6) is 0 Å². The molecule has 1 aliphatic heterocycles. The van der Waals surface area contributed by atoms with Crippen molar-refractivity contribution in [1.82, 2.24) is 5.06 Å². The summed E-state index contributed by atoms with van der Waals surface area (Å²) < 4.78 is 4.98. The third-order valence-corrected chi connectivity index (χ3v) is 5.13. The molecule has 0 saturated carbocycles. The van der Waals surface area contributed by atoms with Crippen molar-refractivity contribution in [1.29, 1.82) is 0 Å². The maximum absolute atomic E-state index is 12.6. The number of ketones is 1. The Balaban J connectivity index is 2.07. The second-order valence-corrected chi connectivity index (χ2v) is 7.09. The second-order valence-electron chi connectivity index (χ2n) is 6.25. The van der Waals surface area contributed by atoms with Gasteiger partial charge < -0.3 is 4.74 Å². The zero-order valence-corrected chi connectivity index (χ0v) is 16.0. The first-order valence-corrected chi connectivity index (χ1v) is 9.07. The van der Waals surface area contributed by atoms with Gasteiger partial charge in [-0.05, 0) is 37.5 Å². The molecule has 0 bridgehead atoms. The average molecular weight is 388 g/mol. The molecule has 1 aliphatic rings. The highest BCUT2D eigenvalue weighted by Gasteiger charge is 2.44. The highest BCUT2D eigenvalue weighted by molar-refractivity contribution is 6.35. The maximum atomic E-state index is 12.6. The lowest BCUT2D eigenvalue weighted by molar-refractivity contribution is -0.190. The summed E-state index contributed by atoms with van der Waals surface area (Å²) in [5, 5.41) is 2.82. The van der Waals surface area contributed by atoms with E-state index in [4.69, 9.17) is 32.8 Å². The van der Waals surface area contributed by atoms with E-state index in [-0.39, 0.29) is 24.6 Å². The number of Topliss-reactive ketones (excluding diaryl/α,β-unsaturated/α-hetero) is 1. The lowest BCUT2D eigenvalue weighted by Gasteiger charge is -2.38. The van der Waals surface area contributed by atoms with Gasteiger partial charge in [-0.3, -0.25) is 14.4 Å². The standard InChI is InChI=1S/C18H23Cl2NO4/c1-3-25-21-8-6-18(7-9-21,17(23)24-2)12-15(22)10-13-4-5-14(19)11-16(13)20/h4-5,11H,3,6-10,12H2,1-2H3. The third-order valence-electron chi connectivity index (χ3n) is 4.55. The number of piperidine rings is 1. The number of methoxy groups -OCH3 is 1. The van der Waals surface area contributed by atoms with E-state index in [0.717, 1.165) is 0 Å². The summed E-state index contributed by atoms with van der Waals surface area (Å²) in [5.41, 5.74) is -0.0824. The van der Waals surface area contributed by atoms with E-state index in [0.29, 0.717) is 48.1 Å². The van der Waals surface area contributed by atoms with Gasteiger partial charge in [-0.1, -0.05) is 29.3 Å². The fourth-order valence-corrected chi connectivity index (χ4v) is 3.69. The van der Waals surface area contributed by atoms with Crippen LogP contribution in [0, 0.1) is 5.41 Å². The fraction of sp³-hybridized carbons (Fsp3) is 0.556. The fourth-order valence-electron chi connectivity index (χ4n) is 3.21. The highest BCUT2D eigenvalue weighted by atomic mass is 35.5. The molecule has 0 aliphatic carbocycles. The minimum atomic E-state index is -0.793. The Morgan fingerprint density at radius 1 is 1.24 bits per heavy atom. The van der Waals surface area contributed by atoms with Crippen LogP contribution < -0.4 is 0 Å². The van der Waals surface area contributed by atoms with Gasteiger partial charge in [-0.2, -0.15) is 5.06 Å². The number of hydroxylamine groups is 2.